The molecule has 1 heterocycles. The van der Waals surface area contributed by atoms with Crippen LogP contribution in [0.1, 0.15) is 11.1 Å². The summed E-state index contributed by atoms with van der Waals surface area (Å²) in [7, 11) is 0. The lowest BCUT2D eigenvalue weighted by Gasteiger charge is -2.19. The van der Waals surface area contributed by atoms with Gasteiger partial charge in [-0.3, -0.25) is 4.79 Å². The molecule has 4 heteroatoms. The van der Waals surface area contributed by atoms with Crippen molar-refractivity contribution in [2.24, 2.45) is 0 Å². The number of carbonyl (C=O) groups excluding carboxylic acids is 1. The van der Waals surface area contributed by atoms with Gasteiger partial charge >= 0.3 is 0 Å². The Labute approximate surface area is 110 Å². The normalized spacial score (nSPS) is 13.7. The minimum Gasteiger partial charge on any atom is -0.397 e. The number of para-hydroxylation sites is 1. The Bertz CT molecular complexity index is 654. The number of carbonyl (C=O) groups is 1. The van der Waals surface area contributed by atoms with Crippen molar-refractivity contribution in [3.63, 3.8) is 0 Å². The lowest BCUT2D eigenvalue weighted by Crippen LogP contribution is -2.26. The number of nitrogens with zero attached hydrogens (tertiary/aromatic N) is 1. The van der Waals surface area contributed by atoms with Crippen molar-refractivity contribution in [1.29, 1.82) is 0 Å². The number of amides is 1. The fourth-order valence-electron chi connectivity index (χ4n) is 2.45. The van der Waals surface area contributed by atoms with Gasteiger partial charge in [0.2, 0.25) is 5.91 Å². The quantitative estimate of drug-likeness (QED) is 0.839. The SMILES string of the molecule is Nc1cccc2c1N(Cc1cccc(F)c1)C(=O)C2. The Morgan fingerprint density at radius 2 is 2.00 bits per heavy atom. The number of nitrogen functional groups attached to an aromatic ring is 1. The lowest BCUT2D eigenvalue weighted by atomic mass is 10.1. The maximum atomic E-state index is 13.2. The maximum absolute atomic E-state index is 13.2. The van der Waals surface area contributed by atoms with Crippen LogP contribution in [0.5, 0.6) is 0 Å². The molecule has 96 valence electrons. The summed E-state index contributed by atoms with van der Waals surface area (Å²) in [5.41, 5.74) is 8.97. The molecule has 0 saturated carbocycles. The summed E-state index contributed by atoms with van der Waals surface area (Å²) in [6, 6.07) is 11.8. The summed E-state index contributed by atoms with van der Waals surface area (Å²) in [5.74, 6) is -0.303. The van der Waals surface area contributed by atoms with Crippen molar-refractivity contribution in [3.8, 4) is 0 Å². The van der Waals surface area contributed by atoms with Gasteiger partial charge in [0.05, 0.1) is 24.3 Å². The highest BCUT2D eigenvalue weighted by atomic mass is 19.1. The highest BCUT2D eigenvalue weighted by molar-refractivity contribution is 6.04. The van der Waals surface area contributed by atoms with Gasteiger partial charge in [-0.15, -0.1) is 0 Å². The summed E-state index contributed by atoms with van der Waals surface area (Å²) >= 11 is 0. The molecule has 1 amide bonds. The van der Waals surface area contributed by atoms with E-state index in [1.807, 2.05) is 12.1 Å². The standard InChI is InChI=1S/C15H13FN2O/c16-12-5-1-3-10(7-12)9-18-14(19)8-11-4-2-6-13(17)15(11)18/h1-7H,8-9,17H2. The maximum Gasteiger partial charge on any atom is 0.231 e. The molecule has 0 fully saturated rings. The third kappa shape index (κ3) is 2.05. The molecular weight excluding hydrogens is 243 g/mol. The summed E-state index contributed by atoms with van der Waals surface area (Å²) in [6.07, 6.45) is 0.357. The predicted molar refractivity (Wildman–Crippen MR) is 72.1 cm³/mol. The van der Waals surface area contributed by atoms with E-state index in [9.17, 15) is 9.18 Å². The number of halogens is 1. The number of anilines is 2. The second-order valence-corrected chi connectivity index (χ2v) is 4.64. The molecule has 0 radical (unpaired) electrons. The molecule has 0 unspecified atom stereocenters. The van der Waals surface area contributed by atoms with E-state index in [0.29, 0.717) is 18.7 Å². The van der Waals surface area contributed by atoms with E-state index in [-0.39, 0.29) is 11.7 Å². The Morgan fingerprint density at radius 1 is 1.21 bits per heavy atom. The Hall–Kier alpha value is -2.36. The van der Waals surface area contributed by atoms with Crippen LogP contribution >= 0.6 is 0 Å². The first-order valence-electron chi connectivity index (χ1n) is 6.07. The van der Waals surface area contributed by atoms with Crippen molar-refractivity contribution in [2.75, 3.05) is 10.6 Å². The van der Waals surface area contributed by atoms with Crippen LogP contribution in [0.15, 0.2) is 42.5 Å². The van der Waals surface area contributed by atoms with Crippen LogP contribution in [0, 0.1) is 5.82 Å². The molecule has 1 aliphatic heterocycles. The molecule has 0 atom stereocenters. The number of fused-ring (bicyclic) bond motifs is 1. The van der Waals surface area contributed by atoms with Gasteiger partial charge in [-0.2, -0.15) is 0 Å². The van der Waals surface area contributed by atoms with Gasteiger partial charge in [-0.05, 0) is 29.3 Å². The van der Waals surface area contributed by atoms with Gasteiger partial charge in [0.1, 0.15) is 5.82 Å². The van der Waals surface area contributed by atoms with Crippen LogP contribution < -0.4 is 10.6 Å². The molecule has 3 nitrogen and oxygen atoms in total. The smallest absolute Gasteiger partial charge is 0.231 e. The highest BCUT2D eigenvalue weighted by Crippen LogP contribution is 2.35. The number of hydrogen-bond acceptors (Lipinski definition) is 2. The van der Waals surface area contributed by atoms with Crippen LogP contribution in [-0.4, -0.2) is 5.91 Å². The number of hydrogen-bond donors (Lipinski definition) is 1. The van der Waals surface area contributed by atoms with Gasteiger partial charge in [-0.25, -0.2) is 4.39 Å². The lowest BCUT2D eigenvalue weighted by molar-refractivity contribution is -0.117. The fourth-order valence-corrected chi connectivity index (χ4v) is 2.45. The van der Waals surface area contributed by atoms with E-state index in [1.165, 1.54) is 12.1 Å². The first-order valence-corrected chi connectivity index (χ1v) is 6.07. The average Bonchev–Trinajstić information content (AvgIpc) is 2.67. The van der Waals surface area contributed by atoms with Gasteiger partial charge in [0.25, 0.3) is 0 Å². The Balaban J connectivity index is 1.97. The molecule has 2 aromatic carbocycles. The van der Waals surface area contributed by atoms with Gasteiger partial charge < -0.3 is 10.6 Å². The monoisotopic (exact) mass is 256 g/mol. The van der Waals surface area contributed by atoms with Crippen molar-refractivity contribution in [2.45, 2.75) is 13.0 Å². The first-order chi connectivity index (χ1) is 9.15. The minimum absolute atomic E-state index is 0.00263. The van der Waals surface area contributed by atoms with Crippen LogP contribution in [0.25, 0.3) is 0 Å². The molecule has 2 aromatic rings. The van der Waals surface area contributed by atoms with E-state index in [2.05, 4.69) is 0 Å². The number of nitrogens with two attached hydrogens (primary N) is 1. The van der Waals surface area contributed by atoms with Gasteiger partial charge in [0, 0.05) is 0 Å². The Kier molecular flexibility index (Phi) is 2.71. The fraction of sp³-hybridized carbons (Fsp3) is 0.133. The highest BCUT2D eigenvalue weighted by Gasteiger charge is 2.28. The molecule has 0 aliphatic carbocycles. The molecule has 0 saturated heterocycles. The van der Waals surface area contributed by atoms with Crippen LogP contribution in [-0.2, 0) is 17.8 Å². The zero-order valence-electron chi connectivity index (χ0n) is 10.3. The third-order valence-corrected chi connectivity index (χ3v) is 3.29. The van der Waals surface area contributed by atoms with Gasteiger partial charge in [-0.1, -0.05) is 24.3 Å². The molecule has 19 heavy (non-hydrogen) atoms. The molecular formula is C15H13FN2O. The molecule has 1 aliphatic rings. The van der Waals surface area contributed by atoms with Crippen molar-refractivity contribution < 1.29 is 9.18 Å². The molecule has 0 bridgehead atoms. The topological polar surface area (TPSA) is 46.3 Å². The van der Waals surface area contributed by atoms with E-state index in [4.69, 9.17) is 5.73 Å². The molecule has 0 spiro atoms. The molecule has 2 N–H and O–H groups in total. The summed E-state index contributed by atoms with van der Waals surface area (Å²) in [6.45, 7) is 0.345. The summed E-state index contributed by atoms with van der Waals surface area (Å²) in [5, 5.41) is 0. The van der Waals surface area contributed by atoms with E-state index in [0.717, 1.165) is 16.8 Å². The van der Waals surface area contributed by atoms with Crippen molar-refractivity contribution in [3.05, 3.63) is 59.4 Å². The van der Waals surface area contributed by atoms with Gasteiger partial charge in [0.15, 0.2) is 0 Å². The van der Waals surface area contributed by atoms with E-state index in [1.54, 1.807) is 23.1 Å². The van der Waals surface area contributed by atoms with E-state index < -0.39 is 0 Å². The average molecular weight is 256 g/mol. The number of rotatable bonds is 2. The Morgan fingerprint density at radius 3 is 2.79 bits per heavy atom. The van der Waals surface area contributed by atoms with Crippen LogP contribution in [0.2, 0.25) is 0 Å². The second-order valence-electron chi connectivity index (χ2n) is 4.64. The van der Waals surface area contributed by atoms with Crippen molar-refractivity contribution >= 4 is 17.3 Å². The summed E-state index contributed by atoms with van der Waals surface area (Å²) in [4.78, 5) is 13.7. The minimum atomic E-state index is -0.301. The summed E-state index contributed by atoms with van der Waals surface area (Å²) < 4.78 is 13.2. The van der Waals surface area contributed by atoms with Crippen LogP contribution in [0.3, 0.4) is 0 Å². The van der Waals surface area contributed by atoms with E-state index >= 15 is 0 Å². The largest absolute Gasteiger partial charge is 0.397 e. The third-order valence-electron chi connectivity index (χ3n) is 3.29. The zero-order valence-corrected chi connectivity index (χ0v) is 10.3. The zero-order chi connectivity index (χ0) is 13.4. The molecule has 0 aromatic heterocycles. The molecule has 3 rings (SSSR count). The van der Waals surface area contributed by atoms with Crippen LogP contribution in [0.4, 0.5) is 15.8 Å². The number of benzene rings is 2. The first kappa shape index (κ1) is 11.7. The second kappa shape index (κ2) is 4.39. The predicted octanol–water partition coefficient (Wildman–Crippen LogP) is 2.50. The van der Waals surface area contributed by atoms with Crippen molar-refractivity contribution in [1.82, 2.24) is 0 Å².